The molecule has 1 aliphatic rings. The number of nitrogens with zero attached hydrogens (tertiary/aromatic N) is 1. The maximum absolute atomic E-state index is 11.8. The molecule has 0 bridgehead atoms. The van der Waals surface area contributed by atoms with Gasteiger partial charge in [0.05, 0.1) is 13.2 Å². The Morgan fingerprint density at radius 3 is 3.07 bits per heavy atom. The Labute approximate surface area is 92.0 Å². The van der Waals surface area contributed by atoms with E-state index in [1.807, 2.05) is 10.2 Å². The van der Waals surface area contributed by atoms with Crippen LogP contribution in [0, 0.1) is 5.92 Å². The molecule has 1 atom stereocenters. The van der Waals surface area contributed by atoms with Gasteiger partial charge in [-0.05, 0) is 18.8 Å². The predicted octanol–water partition coefficient (Wildman–Crippen LogP) is -0.545. The van der Waals surface area contributed by atoms with Crippen LogP contribution in [0.5, 0.6) is 0 Å². The fourth-order valence-corrected chi connectivity index (χ4v) is 1.97. The van der Waals surface area contributed by atoms with E-state index >= 15 is 0 Å². The Kier molecular flexibility index (Phi) is 5.65. The van der Waals surface area contributed by atoms with Crippen LogP contribution in [0.2, 0.25) is 0 Å². The minimum absolute atomic E-state index is 0.276. The third-order valence-electron chi connectivity index (χ3n) is 2.85. The average molecular weight is 215 g/mol. The van der Waals surface area contributed by atoms with Gasteiger partial charge in [0, 0.05) is 20.2 Å². The van der Waals surface area contributed by atoms with E-state index in [2.05, 4.69) is 6.92 Å². The highest BCUT2D eigenvalue weighted by atomic mass is 16.5. The lowest BCUT2D eigenvalue weighted by atomic mass is 10.0. The SMILES string of the molecule is COCC[NH2+]CC(=O)N1CCC[C@H](C)C1. The van der Waals surface area contributed by atoms with Crippen LogP contribution in [0.4, 0.5) is 0 Å². The van der Waals surface area contributed by atoms with E-state index in [0.29, 0.717) is 19.1 Å². The maximum Gasteiger partial charge on any atom is 0.277 e. The van der Waals surface area contributed by atoms with Gasteiger partial charge in [0.2, 0.25) is 0 Å². The first-order valence-corrected chi connectivity index (χ1v) is 5.82. The summed E-state index contributed by atoms with van der Waals surface area (Å²) in [4.78, 5) is 13.8. The van der Waals surface area contributed by atoms with Crippen LogP contribution in [0.1, 0.15) is 19.8 Å². The number of likely N-dealkylation sites (tertiary alicyclic amines) is 1. The van der Waals surface area contributed by atoms with Gasteiger partial charge in [-0.2, -0.15) is 0 Å². The zero-order chi connectivity index (χ0) is 11.1. The molecule has 0 aromatic rings. The number of carbonyl (C=O) groups is 1. The summed E-state index contributed by atoms with van der Waals surface area (Å²) in [6.07, 6.45) is 2.42. The first kappa shape index (κ1) is 12.5. The summed E-state index contributed by atoms with van der Waals surface area (Å²) in [6.45, 7) is 6.25. The van der Waals surface area contributed by atoms with Crippen molar-refractivity contribution < 1.29 is 14.8 Å². The number of methoxy groups -OCH3 is 1. The largest absolute Gasteiger partial charge is 0.379 e. The molecule has 1 aliphatic heterocycles. The number of ether oxygens (including phenoxy) is 1. The van der Waals surface area contributed by atoms with Gasteiger partial charge in [0.25, 0.3) is 5.91 Å². The Hall–Kier alpha value is -0.610. The number of hydrogen-bond donors (Lipinski definition) is 1. The van der Waals surface area contributed by atoms with Crippen molar-refractivity contribution in [2.24, 2.45) is 5.92 Å². The summed E-state index contributed by atoms with van der Waals surface area (Å²) in [5.41, 5.74) is 0. The molecule has 0 spiro atoms. The summed E-state index contributed by atoms with van der Waals surface area (Å²) in [7, 11) is 1.68. The Morgan fingerprint density at radius 2 is 2.40 bits per heavy atom. The lowest BCUT2D eigenvalue weighted by Gasteiger charge is -2.30. The minimum atomic E-state index is 0.276. The topological polar surface area (TPSA) is 46.1 Å². The molecule has 0 aliphatic carbocycles. The van der Waals surface area contributed by atoms with Crippen molar-refractivity contribution >= 4 is 5.91 Å². The molecule has 1 amide bonds. The first-order chi connectivity index (χ1) is 7.24. The van der Waals surface area contributed by atoms with Gasteiger partial charge in [-0.1, -0.05) is 6.92 Å². The summed E-state index contributed by atoms with van der Waals surface area (Å²) in [5, 5.41) is 2.02. The van der Waals surface area contributed by atoms with Crippen LogP contribution in [-0.4, -0.2) is 50.7 Å². The van der Waals surface area contributed by atoms with Gasteiger partial charge >= 0.3 is 0 Å². The first-order valence-electron chi connectivity index (χ1n) is 5.82. The molecule has 0 radical (unpaired) electrons. The monoisotopic (exact) mass is 215 g/mol. The second-order valence-corrected chi connectivity index (χ2v) is 4.36. The molecular formula is C11H23N2O2+. The zero-order valence-corrected chi connectivity index (χ0v) is 9.87. The van der Waals surface area contributed by atoms with Gasteiger partial charge in [-0.3, -0.25) is 4.79 Å². The van der Waals surface area contributed by atoms with Crippen LogP contribution in [0.3, 0.4) is 0 Å². The van der Waals surface area contributed by atoms with Crippen LogP contribution in [0.15, 0.2) is 0 Å². The van der Waals surface area contributed by atoms with Crippen molar-refractivity contribution in [2.75, 3.05) is 39.9 Å². The number of quaternary nitrogens is 1. The van der Waals surface area contributed by atoms with Crippen LogP contribution < -0.4 is 5.32 Å². The molecule has 1 saturated heterocycles. The standard InChI is InChI=1S/C11H22N2O2/c1-10-4-3-6-13(9-10)11(14)8-12-5-7-15-2/h10,12H,3-9H2,1-2H3/p+1/t10-/m0/s1. The van der Waals surface area contributed by atoms with Crippen molar-refractivity contribution in [1.82, 2.24) is 4.90 Å². The molecular weight excluding hydrogens is 192 g/mol. The maximum atomic E-state index is 11.8. The van der Waals surface area contributed by atoms with Gasteiger partial charge in [-0.25, -0.2) is 0 Å². The van der Waals surface area contributed by atoms with Gasteiger partial charge in [0.1, 0.15) is 0 Å². The molecule has 15 heavy (non-hydrogen) atoms. The minimum Gasteiger partial charge on any atom is -0.379 e. The quantitative estimate of drug-likeness (QED) is 0.626. The number of rotatable bonds is 5. The number of nitrogens with two attached hydrogens (primary N) is 1. The van der Waals surface area contributed by atoms with Crippen molar-refractivity contribution in [3.8, 4) is 0 Å². The van der Waals surface area contributed by atoms with Crippen molar-refractivity contribution in [1.29, 1.82) is 0 Å². The molecule has 0 unspecified atom stereocenters. The highest BCUT2D eigenvalue weighted by Crippen LogP contribution is 2.14. The summed E-state index contributed by atoms with van der Waals surface area (Å²) in [5.74, 6) is 0.944. The summed E-state index contributed by atoms with van der Waals surface area (Å²) in [6, 6.07) is 0. The number of amides is 1. The molecule has 2 N–H and O–H groups in total. The van der Waals surface area contributed by atoms with Crippen molar-refractivity contribution in [3.63, 3.8) is 0 Å². The van der Waals surface area contributed by atoms with Crippen LogP contribution >= 0.6 is 0 Å². The second kappa shape index (κ2) is 6.80. The molecule has 1 heterocycles. The Morgan fingerprint density at radius 1 is 1.60 bits per heavy atom. The predicted molar refractivity (Wildman–Crippen MR) is 58.5 cm³/mol. The van der Waals surface area contributed by atoms with Crippen molar-refractivity contribution in [3.05, 3.63) is 0 Å². The molecule has 1 fully saturated rings. The van der Waals surface area contributed by atoms with E-state index in [9.17, 15) is 4.79 Å². The fourth-order valence-electron chi connectivity index (χ4n) is 1.97. The second-order valence-electron chi connectivity index (χ2n) is 4.36. The van der Waals surface area contributed by atoms with Gasteiger partial charge in [-0.15, -0.1) is 0 Å². The Bertz CT molecular complexity index is 197. The molecule has 4 nitrogen and oxygen atoms in total. The number of piperidine rings is 1. The van der Waals surface area contributed by atoms with Crippen LogP contribution in [-0.2, 0) is 9.53 Å². The molecule has 4 heteroatoms. The van der Waals surface area contributed by atoms with E-state index in [1.54, 1.807) is 7.11 Å². The average Bonchev–Trinajstić information content (AvgIpc) is 2.24. The van der Waals surface area contributed by atoms with E-state index < -0.39 is 0 Å². The number of carbonyl (C=O) groups excluding carboxylic acids is 1. The summed E-state index contributed by atoms with van der Waals surface area (Å²) >= 11 is 0. The smallest absolute Gasteiger partial charge is 0.277 e. The third-order valence-corrected chi connectivity index (χ3v) is 2.85. The summed E-state index contributed by atoms with van der Waals surface area (Å²) < 4.78 is 4.93. The third kappa shape index (κ3) is 4.62. The van der Waals surface area contributed by atoms with E-state index in [-0.39, 0.29) is 5.91 Å². The lowest BCUT2D eigenvalue weighted by Crippen LogP contribution is -2.87. The zero-order valence-electron chi connectivity index (χ0n) is 9.87. The van der Waals surface area contributed by atoms with E-state index in [0.717, 1.165) is 26.1 Å². The highest BCUT2D eigenvalue weighted by Gasteiger charge is 2.21. The van der Waals surface area contributed by atoms with E-state index in [1.165, 1.54) is 6.42 Å². The number of hydrogen-bond acceptors (Lipinski definition) is 2. The Balaban J connectivity index is 2.15. The van der Waals surface area contributed by atoms with E-state index in [4.69, 9.17) is 4.74 Å². The highest BCUT2D eigenvalue weighted by molar-refractivity contribution is 5.77. The molecule has 0 saturated carbocycles. The van der Waals surface area contributed by atoms with Gasteiger partial charge in [0.15, 0.2) is 6.54 Å². The molecule has 0 aromatic heterocycles. The van der Waals surface area contributed by atoms with Crippen LogP contribution in [0.25, 0.3) is 0 Å². The molecule has 88 valence electrons. The molecule has 0 aromatic carbocycles. The fraction of sp³-hybridized carbons (Fsp3) is 0.909. The lowest BCUT2D eigenvalue weighted by molar-refractivity contribution is -0.646. The van der Waals surface area contributed by atoms with Gasteiger partial charge < -0.3 is 15.0 Å². The normalized spacial score (nSPS) is 21.7. The van der Waals surface area contributed by atoms with Crippen molar-refractivity contribution in [2.45, 2.75) is 19.8 Å². The molecule has 1 rings (SSSR count).